The summed E-state index contributed by atoms with van der Waals surface area (Å²) in [5, 5.41) is 5.71. The van der Waals surface area contributed by atoms with Crippen LogP contribution < -0.4 is 25.0 Å². The molecule has 1 unspecified atom stereocenters. The third kappa shape index (κ3) is 4.83. The monoisotopic (exact) mass is 520 g/mol. The number of rotatable bonds is 10. The van der Waals surface area contributed by atoms with Gasteiger partial charge in [-0.2, -0.15) is 0 Å². The predicted molar refractivity (Wildman–Crippen MR) is 139 cm³/mol. The molecule has 2 saturated heterocycles. The highest BCUT2D eigenvalue weighted by atomic mass is 16.5. The van der Waals surface area contributed by atoms with E-state index in [1.807, 2.05) is 24.3 Å². The van der Waals surface area contributed by atoms with Crippen molar-refractivity contribution in [2.24, 2.45) is 5.92 Å². The standard InChI is InChI=1S/C28H32N4O6/c1-37-19-9-8-18(23(13-19)38-2)14-29-12-4-5-17-15-31(16-17)21-7-3-6-20-25(21)28(36)32(27(20)35)22-10-11-24(33)30-26(22)34/h3,6-9,13,17,22,29H,4-5,10-12,14-16H2,1-2H3,(H,30,33,34). The van der Waals surface area contributed by atoms with E-state index in [1.54, 1.807) is 26.4 Å². The maximum absolute atomic E-state index is 13.3. The van der Waals surface area contributed by atoms with Crippen molar-refractivity contribution < 1.29 is 28.7 Å². The second-order valence-electron chi connectivity index (χ2n) is 9.91. The van der Waals surface area contributed by atoms with E-state index < -0.39 is 23.8 Å². The zero-order valence-electron chi connectivity index (χ0n) is 21.6. The zero-order valence-corrected chi connectivity index (χ0v) is 21.6. The molecule has 0 bridgehead atoms. The number of fused-ring (bicyclic) bond motifs is 1. The van der Waals surface area contributed by atoms with E-state index >= 15 is 0 Å². The van der Waals surface area contributed by atoms with E-state index in [9.17, 15) is 19.2 Å². The van der Waals surface area contributed by atoms with E-state index in [4.69, 9.17) is 9.47 Å². The van der Waals surface area contributed by atoms with Crippen LogP contribution in [0, 0.1) is 5.92 Å². The van der Waals surface area contributed by atoms with Crippen LogP contribution in [0.4, 0.5) is 5.69 Å². The number of imide groups is 2. The number of anilines is 1. The molecule has 5 rings (SSSR count). The molecule has 0 spiro atoms. The first-order valence-corrected chi connectivity index (χ1v) is 12.9. The van der Waals surface area contributed by atoms with Crippen molar-refractivity contribution in [1.29, 1.82) is 0 Å². The summed E-state index contributed by atoms with van der Waals surface area (Å²) in [5.74, 6) is 0.146. The number of carbonyl (C=O) groups is 4. The van der Waals surface area contributed by atoms with Crippen molar-refractivity contribution >= 4 is 29.3 Å². The van der Waals surface area contributed by atoms with Gasteiger partial charge in [0.25, 0.3) is 11.8 Å². The average molecular weight is 521 g/mol. The Hall–Kier alpha value is -3.92. The van der Waals surface area contributed by atoms with Gasteiger partial charge in [-0.1, -0.05) is 12.1 Å². The summed E-state index contributed by atoms with van der Waals surface area (Å²) in [6.45, 7) is 3.20. The Bertz CT molecular complexity index is 1270. The third-order valence-corrected chi connectivity index (χ3v) is 7.52. The molecule has 0 saturated carbocycles. The molecular weight excluding hydrogens is 488 g/mol. The number of benzene rings is 2. The van der Waals surface area contributed by atoms with Gasteiger partial charge in [0.15, 0.2) is 0 Å². The smallest absolute Gasteiger partial charge is 0.264 e. The lowest BCUT2D eigenvalue weighted by Crippen LogP contribution is -2.54. The van der Waals surface area contributed by atoms with Gasteiger partial charge in [0, 0.05) is 37.7 Å². The molecule has 10 nitrogen and oxygen atoms in total. The molecule has 2 fully saturated rings. The first-order valence-electron chi connectivity index (χ1n) is 12.9. The molecule has 1 atom stereocenters. The van der Waals surface area contributed by atoms with Crippen LogP contribution in [-0.2, 0) is 16.1 Å². The lowest BCUT2D eigenvalue weighted by Gasteiger charge is -2.42. The van der Waals surface area contributed by atoms with Crippen molar-refractivity contribution in [1.82, 2.24) is 15.5 Å². The summed E-state index contributed by atoms with van der Waals surface area (Å²) in [7, 11) is 3.28. The molecule has 10 heteroatoms. The Labute approximate surface area is 221 Å². The fourth-order valence-corrected chi connectivity index (χ4v) is 5.45. The van der Waals surface area contributed by atoms with Crippen molar-refractivity contribution in [2.75, 3.05) is 38.8 Å². The van der Waals surface area contributed by atoms with E-state index in [-0.39, 0.29) is 18.7 Å². The number of ether oxygens (including phenoxy) is 2. The molecule has 0 aromatic heterocycles. The Morgan fingerprint density at radius 3 is 2.58 bits per heavy atom. The molecule has 3 aliphatic heterocycles. The molecule has 0 radical (unpaired) electrons. The van der Waals surface area contributed by atoms with Crippen molar-refractivity contribution in [3.63, 3.8) is 0 Å². The minimum Gasteiger partial charge on any atom is -0.497 e. The molecular formula is C28H32N4O6. The summed E-state index contributed by atoms with van der Waals surface area (Å²) in [5.41, 5.74) is 2.48. The normalized spacial score (nSPS) is 19.4. The quantitative estimate of drug-likeness (QED) is 0.361. The minimum atomic E-state index is -0.956. The van der Waals surface area contributed by atoms with Crippen LogP contribution in [0.25, 0.3) is 0 Å². The molecule has 4 amide bonds. The van der Waals surface area contributed by atoms with Crippen LogP contribution in [0.3, 0.4) is 0 Å². The van der Waals surface area contributed by atoms with E-state index in [1.165, 1.54) is 0 Å². The van der Waals surface area contributed by atoms with Gasteiger partial charge in [0.1, 0.15) is 17.5 Å². The number of nitrogens with one attached hydrogen (secondary N) is 2. The highest BCUT2D eigenvalue weighted by molar-refractivity contribution is 6.25. The highest BCUT2D eigenvalue weighted by Crippen LogP contribution is 2.37. The van der Waals surface area contributed by atoms with Crippen LogP contribution in [0.5, 0.6) is 11.5 Å². The first kappa shape index (κ1) is 25.7. The lowest BCUT2D eigenvalue weighted by atomic mass is 9.92. The van der Waals surface area contributed by atoms with Crippen molar-refractivity contribution in [3.05, 3.63) is 53.1 Å². The zero-order chi connectivity index (χ0) is 26.8. The summed E-state index contributed by atoms with van der Waals surface area (Å²) in [4.78, 5) is 53.4. The second kappa shape index (κ2) is 10.8. The highest BCUT2D eigenvalue weighted by Gasteiger charge is 2.46. The maximum Gasteiger partial charge on any atom is 0.264 e. The molecule has 2 aromatic rings. The first-order chi connectivity index (χ1) is 18.4. The van der Waals surface area contributed by atoms with E-state index in [2.05, 4.69) is 15.5 Å². The topological polar surface area (TPSA) is 117 Å². The minimum absolute atomic E-state index is 0.104. The fourth-order valence-electron chi connectivity index (χ4n) is 5.45. The molecule has 2 N–H and O–H groups in total. The van der Waals surface area contributed by atoms with Gasteiger partial charge in [-0.05, 0) is 49.9 Å². The average Bonchev–Trinajstić information content (AvgIpc) is 3.15. The SMILES string of the molecule is COc1ccc(CNCCCC2CN(c3cccc4c3C(=O)N(C3CCC(=O)NC3=O)C4=O)C2)c(OC)c1. The summed E-state index contributed by atoms with van der Waals surface area (Å²) < 4.78 is 10.7. The van der Waals surface area contributed by atoms with Gasteiger partial charge < -0.3 is 19.7 Å². The maximum atomic E-state index is 13.3. The number of hydrogen-bond donors (Lipinski definition) is 2. The molecule has 38 heavy (non-hydrogen) atoms. The Morgan fingerprint density at radius 1 is 1.03 bits per heavy atom. The number of methoxy groups -OCH3 is 2. The summed E-state index contributed by atoms with van der Waals surface area (Å²) in [6.07, 6.45) is 2.32. The number of piperidine rings is 1. The lowest BCUT2D eigenvalue weighted by molar-refractivity contribution is -0.136. The van der Waals surface area contributed by atoms with E-state index in [0.29, 0.717) is 23.6 Å². The van der Waals surface area contributed by atoms with Crippen molar-refractivity contribution in [3.8, 4) is 11.5 Å². The molecule has 2 aromatic carbocycles. The fraction of sp³-hybridized carbons (Fsp3) is 0.429. The van der Waals surface area contributed by atoms with Gasteiger partial charge in [-0.3, -0.25) is 29.4 Å². The van der Waals surface area contributed by atoms with Crippen LogP contribution in [0.15, 0.2) is 36.4 Å². The number of amides is 4. The number of hydrogen-bond acceptors (Lipinski definition) is 8. The summed E-state index contributed by atoms with van der Waals surface area (Å²) in [6, 6.07) is 10.1. The van der Waals surface area contributed by atoms with Gasteiger partial charge >= 0.3 is 0 Å². The Morgan fingerprint density at radius 2 is 1.84 bits per heavy atom. The van der Waals surface area contributed by atoms with Crippen LogP contribution >= 0.6 is 0 Å². The Balaban J connectivity index is 1.13. The number of nitrogens with zero attached hydrogens (tertiary/aromatic N) is 2. The Kier molecular flexibility index (Phi) is 7.33. The van der Waals surface area contributed by atoms with Gasteiger partial charge in [0.05, 0.1) is 31.0 Å². The molecule has 3 heterocycles. The van der Waals surface area contributed by atoms with Gasteiger partial charge in [-0.25, -0.2) is 0 Å². The molecule has 3 aliphatic rings. The molecule has 0 aliphatic carbocycles. The van der Waals surface area contributed by atoms with Crippen LogP contribution in [-0.4, -0.2) is 68.4 Å². The molecule has 200 valence electrons. The summed E-state index contributed by atoms with van der Waals surface area (Å²) >= 11 is 0. The van der Waals surface area contributed by atoms with Crippen molar-refractivity contribution in [2.45, 2.75) is 38.3 Å². The van der Waals surface area contributed by atoms with Crippen LogP contribution in [0.1, 0.15) is 52.0 Å². The van der Waals surface area contributed by atoms with Gasteiger partial charge in [0.2, 0.25) is 11.8 Å². The third-order valence-electron chi connectivity index (χ3n) is 7.52. The second-order valence-corrected chi connectivity index (χ2v) is 9.91. The van der Waals surface area contributed by atoms with Gasteiger partial charge in [-0.15, -0.1) is 0 Å². The largest absolute Gasteiger partial charge is 0.497 e. The van der Waals surface area contributed by atoms with E-state index in [0.717, 1.165) is 60.1 Å². The predicted octanol–water partition coefficient (Wildman–Crippen LogP) is 2.11. The number of carbonyl (C=O) groups excluding carboxylic acids is 4. The van der Waals surface area contributed by atoms with Crippen LogP contribution in [0.2, 0.25) is 0 Å².